The number of carboxylic acid groups (broad SMARTS) is 1. The number of rotatable bonds is 9. The average Bonchev–Trinajstić information content (AvgIpc) is 3.52. The van der Waals surface area contributed by atoms with Gasteiger partial charge in [-0.15, -0.1) is 16.5 Å². The number of carboxylic acids is 1. The third kappa shape index (κ3) is 5.78. The maximum atomic E-state index is 14.8. The molecule has 7 nitrogen and oxygen atoms in total. The van der Waals surface area contributed by atoms with E-state index < -0.39 is 28.6 Å². The summed E-state index contributed by atoms with van der Waals surface area (Å²) < 4.78 is 42.5. The zero-order valence-corrected chi connectivity index (χ0v) is 24.4. The van der Waals surface area contributed by atoms with Gasteiger partial charge in [0.05, 0.1) is 16.4 Å². The second-order valence-electron chi connectivity index (χ2n) is 10.2. The molecule has 0 amide bonds. The molecule has 0 saturated heterocycles. The molecule has 3 N–H and O–H groups in total. The second kappa shape index (κ2) is 11.5. The van der Waals surface area contributed by atoms with Crippen molar-refractivity contribution in [1.29, 1.82) is 0 Å². The number of benzene rings is 3. The quantitative estimate of drug-likeness (QED) is 0.139. The van der Waals surface area contributed by atoms with E-state index >= 15 is 0 Å². The number of carbonyl (C=O) groups is 1. The monoisotopic (exact) mass is 625 g/mol. The second-order valence-corrected chi connectivity index (χ2v) is 12.5. The lowest BCUT2D eigenvalue weighted by molar-refractivity contribution is 0.0691. The van der Waals surface area contributed by atoms with Crippen molar-refractivity contribution in [2.45, 2.75) is 30.6 Å². The Hall–Kier alpha value is -3.77. The van der Waals surface area contributed by atoms with Gasteiger partial charge in [0.25, 0.3) is 0 Å². The first kappa shape index (κ1) is 28.4. The van der Waals surface area contributed by atoms with Crippen LogP contribution in [0.1, 0.15) is 40.2 Å². The van der Waals surface area contributed by atoms with Crippen LogP contribution in [0.4, 0.5) is 8.78 Å². The lowest BCUT2D eigenvalue weighted by Crippen LogP contribution is -2.07. The third-order valence-electron chi connectivity index (χ3n) is 7.18. The summed E-state index contributed by atoms with van der Waals surface area (Å²) in [5.74, 6) is -1.87. The Morgan fingerprint density at radius 3 is 2.50 bits per heavy atom. The van der Waals surface area contributed by atoms with E-state index in [1.54, 1.807) is 16.8 Å². The van der Waals surface area contributed by atoms with Gasteiger partial charge in [-0.2, -0.15) is 5.10 Å². The van der Waals surface area contributed by atoms with Crippen LogP contribution in [0.2, 0.25) is 5.02 Å². The Balaban J connectivity index is 1.52. The number of hydrogen-bond acceptors (Lipinski definition) is 5. The van der Waals surface area contributed by atoms with Crippen LogP contribution < -0.4 is 5.14 Å². The molecule has 214 valence electrons. The molecular formula is C30H24ClF2N4O3S2+. The molecule has 3 aromatic carbocycles. The highest BCUT2D eigenvalue weighted by molar-refractivity contribution is 7.82. The van der Waals surface area contributed by atoms with Crippen LogP contribution in [0, 0.1) is 17.6 Å². The van der Waals surface area contributed by atoms with Gasteiger partial charge < -0.3 is 5.11 Å². The van der Waals surface area contributed by atoms with Crippen LogP contribution in [0.25, 0.3) is 27.5 Å². The van der Waals surface area contributed by atoms with Crippen molar-refractivity contribution in [2.75, 3.05) is 0 Å². The fourth-order valence-electron chi connectivity index (χ4n) is 4.89. The van der Waals surface area contributed by atoms with E-state index in [1.807, 2.05) is 24.3 Å². The smallest absolute Gasteiger partial charge is 0.355 e. The zero-order chi connectivity index (χ0) is 29.5. The first-order valence-electron chi connectivity index (χ1n) is 13.0. The molecule has 6 rings (SSSR count). The first-order valence-corrected chi connectivity index (χ1v) is 15.6. The molecule has 5 aromatic rings. The lowest BCUT2D eigenvalue weighted by Gasteiger charge is -2.10. The fourth-order valence-corrected chi connectivity index (χ4v) is 6.28. The van der Waals surface area contributed by atoms with Crippen molar-refractivity contribution >= 4 is 39.9 Å². The number of nitrogens with zero attached hydrogens (tertiary/aromatic N) is 3. The SMILES string of the molecule is N[SH+](=O)c1ccc(Cc2c(-c3cccc(-c4ccc(Cl)c(F)c4)c3)nn(-c3nc(C(=O)O)cs3)c2CC2CC2)cc1F. The highest BCUT2D eigenvalue weighted by atomic mass is 35.5. The van der Waals surface area contributed by atoms with Crippen LogP contribution in [0.3, 0.4) is 0 Å². The molecule has 2 heterocycles. The van der Waals surface area contributed by atoms with E-state index in [1.165, 1.54) is 41.0 Å². The maximum Gasteiger partial charge on any atom is 0.355 e. The number of halogens is 3. The van der Waals surface area contributed by atoms with Gasteiger partial charge >= 0.3 is 5.97 Å². The van der Waals surface area contributed by atoms with Gasteiger partial charge in [-0.1, -0.05) is 46.1 Å². The normalized spacial score (nSPS) is 13.8. The Labute approximate surface area is 251 Å². The molecule has 0 aliphatic heterocycles. The average molecular weight is 626 g/mol. The summed E-state index contributed by atoms with van der Waals surface area (Å²) in [5, 5.41) is 21.8. The Morgan fingerprint density at radius 1 is 1.07 bits per heavy atom. The Kier molecular flexibility index (Phi) is 7.75. The van der Waals surface area contributed by atoms with Crippen molar-refractivity contribution in [3.05, 3.63) is 105 Å². The standard InChI is InChI=1S/C30H23ClF2N4O3S2/c31-22-8-7-19(14-23(22)32)18-2-1-3-20(13-18)28-21(10-17-6-9-27(42(34)40)24(33)11-17)26(12-16-4-5-16)37(36-28)30-35-25(15-41-30)29(38)39/h1-3,6-9,11,13-16H,4-5,10,12H2,(H2,34,40)(H,38,39)/p+1. The van der Waals surface area contributed by atoms with E-state index in [9.17, 15) is 22.9 Å². The minimum Gasteiger partial charge on any atom is -0.476 e. The molecule has 12 heteroatoms. The van der Waals surface area contributed by atoms with Crippen molar-refractivity contribution in [3.63, 3.8) is 0 Å². The summed E-state index contributed by atoms with van der Waals surface area (Å²) in [6.07, 6.45) is 3.10. The van der Waals surface area contributed by atoms with Gasteiger partial charge in [-0.3, -0.25) is 0 Å². The number of thiol groups is 1. The van der Waals surface area contributed by atoms with E-state index in [4.69, 9.17) is 21.8 Å². The molecule has 0 radical (unpaired) electrons. The van der Waals surface area contributed by atoms with Gasteiger partial charge in [0.1, 0.15) is 5.82 Å². The number of nitrogens with two attached hydrogens (primary N) is 1. The minimum absolute atomic E-state index is 0.0299. The van der Waals surface area contributed by atoms with Crippen LogP contribution in [0.15, 0.2) is 70.9 Å². The van der Waals surface area contributed by atoms with Crippen LogP contribution in [0.5, 0.6) is 0 Å². The van der Waals surface area contributed by atoms with Crippen molar-refractivity contribution in [1.82, 2.24) is 14.8 Å². The number of aromatic nitrogens is 3. The van der Waals surface area contributed by atoms with Crippen molar-refractivity contribution in [2.24, 2.45) is 11.1 Å². The topological polar surface area (TPSA) is 111 Å². The van der Waals surface area contributed by atoms with Crippen LogP contribution >= 0.6 is 22.9 Å². The third-order valence-corrected chi connectivity index (χ3v) is 9.14. The number of thiazole rings is 1. The molecule has 1 aliphatic rings. The minimum atomic E-state index is -2.33. The van der Waals surface area contributed by atoms with Crippen molar-refractivity contribution in [3.8, 4) is 27.5 Å². The molecule has 1 aliphatic carbocycles. The molecule has 1 saturated carbocycles. The van der Waals surface area contributed by atoms with E-state index in [-0.39, 0.29) is 15.6 Å². The van der Waals surface area contributed by atoms with Gasteiger partial charge in [0.2, 0.25) is 10.0 Å². The summed E-state index contributed by atoms with van der Waals surface area (Å²) in [6, 6.07) is 16.6. The predicted octanol–water partition coefficient (Wildman–Crippen LogP) is 6.76. The molecular weight excluding hydrogens is 602 g/mol. The highest BCUT2D eigenvalue weighted by Crippen LogP contribution is 2.39. The number of hydrogen-bond donors (Lipinski definition) is 2. The maximum absolute atomic E-state index is 14.8. The molecule has 1 unspecified atom stereocenters. The summed E-state index contributed by atoms with van der Waals surface area (Å²) >= 11 is 7.07. The largest absolute Gasteiger partial charge is 0.476 e. The molecule has 1 fully saturated rings. The van der Waals surface area contributed by atoms with Crippen LogP contribution in [-0.4, -0.2) is 25.8 Å². The van der Waals surface area contributed by atoms with E-state index in [0.717, 1.165) is 35.2 Å². The fraction of sp³-hybridized carbons (Fsp3) is 0.167. The van der Waals surface area contributed by atoms with Gasteiger partial charge in [0, 0.05) is 22.9 Å². The predicted molar refractivity (Wildman–Crippen MR) is 160 cm³/mol. The van der Waals surface area contributed by atoms with Gasteiger partial charge in [-0.05, 0) is 72.2 Å². The van der Waals surface area contributed by atoms with Crippen LogP contribution in [-0.2, 0) is 28.0 Å². The first-order chi connectivity index (χ1) is 20.2. The van der Waals surface area contributed by atoms with E-state index in [2.05, 4.69) is 4.98 Å². The number of aromatic carboxylic acids is 1. The van der Waals surface area contributed by atoms with Gasteiger partial charge in [0.15, 0.2) is 22.5 Å². The highest BCUT2D eigenvalue weighted by Gasteiger charge is 2.29. The molecule has 2 aromatic heterocycles. The van der Waals surface area contributed by atoms with Crippen molar-refractivity contribution < 1.29 is 22.9 Å². The van der Waals surface area contributed by atoms with E-state index in [0.29, 0.717) is 40.7 Å². The van der Waals surface area contributed by atoms with Gasteiger partial charge in [-0.25, -0.2) is 23.2 Å². The Morgan fingerprint density at radius 2 is 1.83 bits per heavy atom. The lowest BCUT2D eigenvalue weighted by atomic mass is 9.95. The summed E-state index contributed by atoms with van der Waals surface area (Å²) in [4.78, 5) is 15.9. The Bertz CT molecular complexity index is 1870. The summed E-state index contributed by atoms with van der Waals surface area (Å²) in [5.41, 5.74) is 4.98. The molecule has 1 atom stereocenters. The summed E-state index contributed by atoms with van der Waals surface area (Å²) in [7, 11) is -2.33. The zero-order valence-electron chi connectivity index (χ0n) is 21.9. The molecule has 42 heavy (non-hydrogen) atoms. The summed E-state index contributed by atoms with van der Waals surface area (Å²) in [6.45, 7) is 0. The molecule has 0 spiro atoms. The molecule has 0 bridgehead atoms.